The molecule has 1 N–H and O–H groups in total. The SMILES string of the molecule is Cc1ccnc2nc(C(=O)NCC(c3cccs3)N(C)C)nn12. The summed E-state index contributed by atoms with van der Waals surface area (Å²) >= 11 is 1.67. The van der Waals surface area contributed by atoms with E-state index in [1.807, 2.05) is 38.5 Å². The fourth-order valence-corrected chi connectivity index (χ4v) is 3.21. The maximum Gasteiger partial charge on any atom is 0.291 e. The van der Waals surface area contributed by atoms with Gasteiger partial charge in [0.1, 0.15) is 0 Å². The van der Waals surface area contributed by atoms with Crippen LogP contribution in [0.5, 0.6) is 0 Å². The minimum absolute atomic E-state index is 0.121. The van der Waals surface area contributed by atoms with E-state index in [0.717, 1.165) is 5.69 Å². The molecule has 0 bridgehead atoms. The zero-order valence-electron chi connectivity index (χ0n) is 13.2. The summed E-state index contributed by atoms with van der Waals surface area (Å²) in [6.07, 6.45) is 1.65. The molecule has 0 aliphatic heterocycles. The lowest BCUT2D eigenvalue weighted by atomic mass is 10.2. The highest BCUT2D eigenvalue weighted by molar-refractivity contribution is 7.10. The third-order valence-electron chi connectivity index (χ3n) is 3.58. The van der Waals surface area contributed by atoms with Crippen LogP contribution in [0.4, 0.5) is 0 Å². The molecule has 0 aromatic carbocycles. The van der Waals surface area contributed by atoms with Crippen molar-refractivity contribution < 1.29 is 4.79 Å². The van der Waals surface area contributed by atoms with Gasteiger partial charge in [-0.25, -0.2) is 9.50 Å². The van der Waals surface area contributed by atoms with Crippen molar-refractivity contribution in [1.29, 1.82) is 0 Å². The highest BCUT2D eigenvalue weighted by Crippen LogP contribution is 2.22. The summed E-state index contributed by atoms with van der Waals surface area (Å²) in [5.41, 5.74) is 0.881. The first-order valence-corrected chi connectivity index (χ1v) is 8.10. The van der Waals surface area contributed by atoms with E-state index in [-0.39, 0.29) is 17.8 Å². The largest absolute Gasteiger partial charge is 0.347 e. The molecular formula is C15H18N6OS. The molecule has 8 heteroatoms. The Labute approximate surface area is 138 Å². The number of aryl methyl sites for hydroxylation is 1. The highest BCUT2D eigenvalue weighted by Gasteiger charge is 2.19. The summed E-state index contributed by atoms with van der Waals surface area (Å²) in [6, 6.07) is 6.02. The number of hydrogen-bond donors (Lipinski definition) is 1. The molecule has 3 rings (SSSR count). The predicted octanol–water partition coefficient (Wildman–Crippen LogP) is 1.53. The van der Waals surface area contributed by atoms with Gasteiger partial charge in [-0.3, -0.25) is 4.79 Å². The van der Waals surface area contributed by atoms with E-state index in [0.29, 0.717) is 12.3 Å². The Balaban J connectivity index is 1.74. The maximum absolute atomic E-state index is 12.3. The van der Waals surface area contributed by atoms with Gasteiger partial charge in [-0.15, -0.1) is 16.4 Å². The first kappa shape index (κ1) is 15.6. The molecule has 120 valence electrons. The average molecular weight is 330 g/mol. The van der Waals surface area contributed by atoms with Gasteiger partial charge in [0.2, 0.25) is 5.82 Å². The topological polar surface area (TPSA) is 75.4 Å². The molecule has 23 heavy (non-hydrogen) atoms. The van der Waals surface area contributed by atoms with Crippen molar-refractivity contribution in [3.05, 3.63) is 46.2 Å². The zero-order chi connectivity index (χ0) is 16.4. The van der Waals surface area contributed by atoms with Crippen molar-refractivity contribution in [2.24, 2.45) is 0 Å². The second-order valence-electron chi connectivity index (χ2n) is 5.44. The number of carbonyl (C=O) groups is 1. The van der Waals surface area contributed by atoms with Crippen molar-refractivity contribution in [3.63, 3.8) is 0 Å². The lowest BCUT2D eigenvalue weighted by Crippen LogP contribution is -2.34. The summed E-state index contributed by atoms with van der Waals surface area (Å²) < 4.78 is 1.57. The molecule has 1 unspecified atom stereocenters. The minimum Gasteiger partial charge on any atom is -0.347 e. The Morgan fingerprint density at radius 2 is 2.26 bits per heavy atom. The van der Waals surface area contributed by atoms with Crippen LogP contribution in [0.1, 0.15) is 27.2 Å². The van der Waals surface area contributed by atoms with Crippen LogP contribution < -0.4 is 5.32 Å². The Hall–Kier alpha value is -2.32. The van der Waals surface area contributed by atoms with Crippen molar-refractivity contribution in [2.75, 3.05) is 20.6 Å². The fourth-order valence-electron chi connectivity index (χ4n) is 2.29. The van der Waals surface area contributed by atoms with Crippen molar-refractivity contribution in [3.8, 4) is 0 Å². The molecule has 3 aromatic heterocycles. The van der Waals surface area contributed by atoms with Gasteiger partial charge in [0.25, 0.3) is 11.7 Å². The van der Waals surface area contributed by atoms with Crippen molar-refractivity contribution in [2.45, 2.75) is 13.0 Å². The molecule has 1 atom stereocenters. The second-order valence-corrected chi connectivity index (χ2v) is 6.42. The molecule has 7 nitrogen and oxygen atoms in total. The van der Waals surface area contributed by atoms with Gasteiger partial charge in [0, 0.05) is 23.3 Å². The Bertz CT molecular complexity index is 811. The first-order valence-electron chi connectivity index (χ1n) is 7.22. The molecular weight excluding hydrogens is 312 g/mol. The van der Waals surface area contributed by atoms with Crippen LogP contribution in [0.3, 0.4) is 0 Å². The summed E-state index contributed by atoms with van der Waals surface area (Å²) in [6.45, 7) is 2.39. The van der Waals surface area contributed by atoms with E-state index in [1.54, 1.807) is 22.0 Å². The van der Waals surface area contributed by atoms with E-state index in [1.165, 1.54) is 4.88 Å². The van der Waals surface area contributed by atoms with Gasteiger partial charge in [-0.2, -0.15) is 4.98 Å². The fraction of sp³-hybridized carbons (Fsp3) is 0.333. The number of aromatic nitrogens is 4. The number of carbonyl (C=O) groups excluding carboxylic acids is 1. The average Bonchev–Trinajstić information content (AvgIpc) is 3.16. The van der Waals surface area contributed by atoms with Crippen LogP contribution in [0.15, 0.2) is 29.8 Å². The standard InChI is InChI=1S/C15H18N6OS/c1-10-6-7-16-15-18-13(19-21(10)15)14(22)17-9-11(20(2)3)12-5-4-8-23-12/h4-8,11H,9H2,1-3H3,(H,17,22). The molecule has 3 heterocycles. The van der Waals surface area contributed by atoms with Gasteiger partial charge < -0.3 is 10.2 Å². The molecule has 0 fully saturated rings. The summed E-state index contributed by atoms with van der Waals surface area (Å²) in [4.78, 5) is 23.9. The molecule has 0 spiro atoms. The first-order chi connectivity index (χ1) is 11.1. The van der Waals surface area contributed by atoms with E-state index in [2.05, 4.69) is 31.3 Å². The quantitative estimate of drug-likeness (QED) is 0.768. The molecule has 0 radical (unpaired) electrons. The molecule has 1 amide bonds. The lowest BCUT2D eigenvalue weighted by molar-refractivity contribution is 0.0932. The summed E-state index contributed by atoms with van der Waals surface area (Å²) in [5, 5.41) is 9.16. The molecule has 0 saturated carbocycles. The van der Waals surface area contributed by atoms with Crippen LogP contribution >= 0.6 is 11.3 Å². The summed E-state index contributed by atoms with van der Waals surface area (Å²) in [7, 11) is 3.99. The van der Waals surface area contributed by atoms with Crippen LogP contribution in [-0.4, -0.2) is 51.0 Å². The van der Waals surface area contributed by atoms with Gasteiger partial charge in [-0.1, -0.05) is 6.07 Å². The number of likely N-dealkylation sites (N-methyl/N-ethyl adjacent to an activating group) is 1. The third-order valence-corrected chi connectivity index (χ3v) is 4.56. The van der Waals surface area contributed by atoms with Crippen LogP contribution in [0.2, 0.25) is 0 Å². The van der Waals surface area contributed by atoms with Gasteiger partial charge in [0.15, 0.2) is 0 Å². The maximum atomic E-state index is 12.3. The normalized spacial score (nSPS) is 12.7. The molecule has 0 aliphatic carbocycles. The van der Waals surface area contributed by atoms with Crippen molar-refractivity contribution >= 4 is 23.0 Å². The molecule has 0 saturated heterocycles. The molecule has 3 aromatic rings. The third kappa shape index (κ3) is 3.22. The number of amides is 1. The zero-order valence-corrected chi connectivity index (χ0v) is 14.0. The van der Waals surface area contributed by atoms with Crippen LogP contribution in [-0.2, 0) is 0 Å². The van der Waals surface area contributed by atoms with E-state index < -0.39 is 0 Å². The number of fused-ring (bicyclic) bond motifs is 1. The highest BCUT2D eigenvalue weighted by atomic mass is 32.1. The minimum atomic E-state index is -0.293. The van der Waals surface area contributed by atoms with Crippen molar-refractivity contribution in [1.82, 2.24) is 29.8 Å². The van der Waals surface area contributed by atoms with Gasteiger partial charge in [-0.05, 0) is 38.5 Å². The van der Waals surface area contributed by atoms with E-state index in [4.69, 9.17) is 0 Å². The number of rotatable bonds is 5. The second kappa shape index (κ2) is 6.43. The van der Waals surface area contributed by atoms with Crippen LogP contribution in [0.25, 0.3) is 5.78 Å². The smallest absolute Gasteiger partial charge is 0.291 e. The predicted molar refractivity (Wildman–Crippen MR) is 88.6 cm³/mol. The van der Waals surface area contributed by atoms with Gasteiger partial charge >= 0.3 is 0 Å². The molecule has 0 aliphatic rings. The number of hydrogen-bond acceptors (Lipinski definition) is 6. The Morgan fingerprint density at radius 3 is 2.91 bits per heavy atom. The Kier molecular flexibility index (Phi) is 4.35. The number of nitrogens with one attached hydrogen (secondary N) is 1. The van der Waals surface area contributed by atoms with E-state index in [9.17, 15) is 4.79 Å². The summed E-state index contributed by atoms with van der Waals surface area (Å²) in [5.74, 6) is 0.270. The van der Waals surface area contributed by atoms with Crippen LogP contribution in [0, 0.1) is 6.92 Å². The number of thiophene rings is 1. The van der Waals surface area contributed by atoms with Gasteiger partial charge in [0.05, 0.1) is 6.04 Å². The monoisotopic (exact) mass is 330 g/mol. The lowest BCUT2D eigenvalue weighted by Gasteiger charge is -2.23. The number of nitrogens with zero attached hydrogens (tertiary/aromatic N) is 5. The van der Waals surface area contributed by atoms with E-state index >= 15 is 0 Å². The Morgan fingerprint density at radius 1 is 1.43 bits per heavy atom.